The van der Waals surface area contributed by atoms with Crippen molar-refractivity contribution in [1.29, 1.82) is 0 Å². The predicted molar refractivity (Wildman–Crippen MR) is 62.8 cm³/mol. The lowest BCUT2D eigenvalue weighted by Gasteiger charge is -1.99. The molecule has 1 aromatic carbocycles. The Labute approximate surface area is 104 Å². The second kappa shape index (κ2) is 6.72. The minimum atomic E-state index is -1.20. The molecule has 6 heteroatoms. The van der Waals surface area contributed by atoms with Gasteiger partial charge in [0.2, 0.25) is 0 Å². The van der Waals surface area contributed by atoms with Gasteiger partial charge in [0, 0.05) is 5.56 Å². The van der Waals surface area contributed by atoms with Gasteiger partial charge in [-0.3, -0.25) is 0 Å². The normalized spacial score (nSPS) is 7.94. The maximum Gasteiger partial charge on any atom is 0.335 e. The molecule has 16 heavy (non-hydrogen) atoms. The van der Waals surface area contributed by atoms with Crippen LogP contribution in [-0.4, -0.2) is 22.2 Å². The number of carbonyl (C=O) groups is 2. The minimum absolute atomic E-state index is 0. The van der Waals surface area contributed by atoms with E-state index in [2.05, 4.69) is 5.92 Å². The summed E-state index contributed by atoms with van der Waals surface area (Å²) >= 11 is 0. The van der Waals surface area contributed by atoms with Crippen LogP contribution in [0.25, 0.3) is 0 Å². The lowest BCUT2D eigenvalue weighted by Crippen LogP contribution is -2.03. The highest BCUT2D eigenvalue weighted by Crippen LogP contribution is 2.09. The van der Waals surface area contributed by atoms with Crippen LogP contribution in [0.2, 0.25) is 0 Å². The summed E-state index contributed by atoms with van der Waals surface area (Å²) in [4.78, 5) is 21.2. The molecular formula is C10H8Cl2O4. The van der Waals surface area contributed by atoms with Crippen molar-refractivity contribution in [3.63, 3.8) is 0 Å². The summed E-state index contributed by atoms with van der Waals surface area (Å²) in [5.74, 6) is -0.217. The van der Waals surface area contributed by atoms with E-state index in [-0.39, 0.29) is 41.5 Å². The Balaban J connectivity index is 0. The van der Waals surface area contributed by atoms with Gasteiger partial charge in [-0.25, -0.2) is 9.59 Å². The number of halogens is 2. The smallest absolute Gasteiger partial charge is 0.335 e. The molecule has 0 heterocycles. The number of rotatable bonds is 2. The van der Waals surface area contributed by atoms with E-state index in [4.69, 9.17) is 16.6 Å². The van der Waals surface area contributed by atoms with E-state index >= 15 is 0 Å². The minimum Gasteiger partial charge on any atom is -0.478 e. The molecule has 0 amide bonds. The molecule has 1 rings (SSSR count). The largest absolute Gasteiger partial charge is 0.478 e. The summed E-state index contributed by atoms with van der Waals surface area (Å²) in [5.41, 5.74) is -0.0157. The highest BCUT2D eigenvalue weighted by molar-refractivity contribution is 5.94. The van der Waals surface area contributed by atoms with Crippen molar-refractivity contribution in [2.24, 2.45) is 0 Å². The van der Waals surface area contributed by atoms with Crippen molar-refractivity contribution < 1.29 is 19.8 Å². The van der Waals surface area contributed by atoms with E-state index in [9.17, 15) is 9.59 Å². The third-order valence-corrected chi connectivity index (χ3v) is 1.59. The van der Waals surface area contributed by atoms with E-state index in [0.29, 0.717) is 0 Å². The molecule has 2 N–H and O–H groups in total. The zero-order valence-corrected chi connectivity index (χ0v) is 9.47. The topological polar surface area (TPSA) is 74.6 Å². The first-order valence-corrected chi connectivity index (χ1v) is 3.63. The molecular weight excluding hydrogens is 255 g/mol. The zero-order chi connectivity index (χ0) is 10.7. The standard InChI is InChI=1S/C10H6O4.2ClH/c1-2-6-3-7(9(11)12)5-8(4-6)10(13)14;;/h1,3-5H,(H,11,12)(H,13,14);2*1H. The fraction of sp³-hybridized carbons (Fsp3) is 0. The fourth-order valence-electron chi connectivity index (χ4n) is 0.958. The molecule has 4 nitrogen and oxygen atoms in total. The van der Waals surface area contributed by atoms with Gasteiger partial charge in [-0.05, 0) is 18.2 Å². The van der Waals surface area contributed by atoms with E-state index in [0.717, 1.165) is 6.07 Å². The molecule has 0 aliphatic rings. The average molecular weight is 263 g/mol. The van der Waals surface area contributed by atoms with Crippen LogP contribution in [0.15, 0.2) is 18.2 Å². The molecule has 0 atom stereocenters. The lowest BCUT2D eigenvalue weighted by atomic mass is 10.1. The van der Waals surface area contributed by atoms with Crippen molar-refractivity contribution in [2.75, 3.05) is 0 Å². The highest BCUT2D eigenvalue weighted by atomic mass is 35.5. The van der Waals surface area contributed by atoms with Gasteiger partial charge >= 0.3 is 11.9 Å². The number of benzene rings is 1. The van der Waals surface area contributed by atoms with E-state index in [1.165, 1.54) is 12.1 Å². The first-order chi connectivity index (χ1) is 6.54. The number of aromatic carboxylic acids is 2. The first-order valence-electron chi connectivity index (χ1n) is 3.63. The number of carboxylic acids is 2. The van der Waals surface area contributed by atoms with Crippen LogP contribution in [0.5, 0.6) is 0 Å². The molecule has 0 fully saturated rings. The van der Waals surface area contributed by atoms with Crippen molar-refractivity contribution in [3.05, 3.63) is 34.9 Å². The molecule has 0 bridgehead atoms. The van der Waals surface area contributed by atoms with Gasteiger partial charge in [-0.1, -0.05) is 5.92 Å². The van der Waals surface area contributed by atoms with Crippen molar-refractivity contribution in [2.45, 2.75) is 0 Å². The summed E-state index contributed by atoms with van der Waals surface area (Å²) in [6, 6.07) is 3.55. The summed E-state index contributed by atoms with van der Waals surface area (Å²) in [5, 5.41) is 17.3. The highest BCUT2D eigenvalue weighted by Gasteiger charge is 2.10. The van der Waals surface area contributed by atoms with E-state index < -0.39 is 11.9 Å². The lowest BCUT2D eigenvalue weighted by molar-refractivity contribution is 0.0696. The van der Waals surface area contributed by atoms with Gasteiger partial charge in [0.15, 0.2) is 0 Å². The van der Waals surface area contributed by atoms with Crippen molar-refractivity contribution in [1.82, 2.24) is 0 Å². The van der Waals surface area contributed by atoms with Crippen LogP contribution in [0, 0.1) is 12.3 Å². The second-order valence-corrected chi connectivity index (χ2v) is 2.55. The van der Waals surface area contributed by atoms with Gasteiger partial charge < -0.3 is 10.2 Å². The van der Waals surface area contributed by atoms with Gasteiger partial charge in [-0.2, -0.15) is 0 Å². The number of carboxylic acid groups (broad SMARTS) is 2. The quantitative estimate of drug-likeness (QED) is 0.799. The van der Waals surface area contributed by atoms with Crippen molar-refractivity contribution in [3.8, 4) is 12.3 Å². The molecule has 1 aromatic rings. The number of terminal acetylenes is 1. The predicted octanol–water partition coefficient (Wildman–Crippen LogP) is 1.91. The van der Waals surface area contributed by atoms with Gasteiger partial charge in [-0.15, -0.1) is 31.2 Å². The summed E-state index contributed by atoms with van der Waals surface area (Å²) in [6.07, 6.45) is 5.05. The van der Waals surface area contributed by atoms with Crippen LogP contribution < -0.4 is 0 Å². The summed E-state index contributed by atoms with van der Waals surface area (Å²) < 4.78 is 0. The Morgan fingerprint density at radius 3 is 1.62 bits per heavy atom. The van der Waals surface area contributed by atoms with Crippen LogP contribution in [0.3, 0.4) is 0 Å². The van der Waals surface area contributed by atoms with E-state index in [1.807, 2.05) is 0 Å². The maximum absolute atomic E-state index is 10.6. The summed E-state index contributed by atoms with van der Waals surface area (Å²) in [7, 11) is 0. The van der Waals surface area contributed by atoms with Gasteiger partial charge in [0.25, 0.3) is 0 Å². The second-order valence-electron chi connectivity index (χ2n) is 2.55. The Morgan fingerprint density at radius 1 is 1.00 bits per heavy atom. The third-order valence-electron chi connectivity index (χ3n) is 1.59. The van der Waals surface area contributed by atoms with Crippen LogP contribution in [0.4, 0.5) is 0 Å². The number of hydrogen-bond donors (Lipinski definition) is 2. The van der Waals surface area contributed by atoms with Crippen LogP contribution in [-0.2, 0) is 0 Å². The average Bonchev–Trinajstić information content (AvgIpc) is 2.16. The molecule has 0 unspecified atom stereocenters. The Bertz CT molecular complexity index is 416. The Hall–Kier alpha value is -1.70. The molecule has 86 valence electrons. The molecule has 0 saturated heterocycles. The van der Waals surface area contributed by atoms with Gasteiger partial charge in [0.05, 0.1) is 11.1 Å². The molecule has 0 aliphatic carbocycles. The SMILES string of the molecule is C#Cc1cc(C(=O)O)cc(C(=O)O)c1.Cl.Cl. The third kappa shape index (κ3) is 3.81. The van der Waals surface area contributed by atoms with Crippen molar-refractivity contribution >= 4 is 36.8 Å². The molecule has 0 saturated carbocycles. The maximum atomic E-state index is 10.6. The summed E-state index contributed by atoms with van der Waals surface area (Å²) in [6.45, 7) is 0. The zero-order valence-electron chi connectivity index (χ0n) is 7.84. The molecule has 0 spiro atoms. The molecule has 0 radical (unpaired) electrons. The van der Waals surface area contributed by atoms with Crippen LogP contribution >= 0.6 is 24.8 Å². The Kier molecular flexibility index (Phi) is 7.03. The molecule has 0 aromatic heterocycles. The van der Waals surface area contributed by atoms with Gasteiger partial charge in [0.1, 0.15) is 0 Å². The Morgan fingerprint density at radius 2 is 1.38 bits per heavy atom. The molecule has 0 aliphatic heterocycles. The van der Waals surface area contributed by atoms with Crippen LogP contribution in [0.1, 0.15) is 26.3 Å². The fourth-order valence-corrected chi connectivity index (χ4v) is 0.958. The first kappa shape index (κ1) is 16.7. The van der Waals surface area contributed by atoms with E-state index in [1.54, 1.807) is 0 Å². The number of hydrogen-bond acceptors (Lipinski definition) is 2. The monoisotopic (exact) mass is 262 g/mol.